The Morgan fingerprint density at radius 2 is 1.66 bits per heavy atom. The van der Waals surface area contributed by atoms with Gasteiger partial charge in [-0.15, -0.1) is 0 Å². The van der Waals surface area contributed by atoms with E-state index in [-0.39, 0.29) is 5.56 Å². The molecule has 0 spiro atoms. The van der Waals surface area contributed by atoms with Crippen LogP contribution in [0.25, 0.3) is 16.6 Å². The van der Waals surface area contributed by atoms with E-state index in [9.17, 15) is 4.79 Å². The van der Waals surface area contributed by atoms with E-state index in [1.807, 2.05) is 66.7 Å². The molecule has 0 saturated heterocycles. The highest BCUT2D eigenvalue weighted by Crippen LogP contribution is 2.26. The van der Waals surface area contributed by atoms with Crippen LogP contribution in [0.1, 0.15) is 5.56 Å². The van der Waals surface area contributed by atoms with Crippen molar-refractivity contribution in [1.82, 2.24) is 9.55 Å². The number of fused-ring (bicyclic) bond motifs is 1. The maximum atomic E-state index is 13.3. The van der Waals surface area contributed by atoms with Gasteiger partial charge in [-0.1, -0.05) is 42.1 Å². The van der Waals surface area contributed by atoms with Crippen LogP contribution < -0.4 is 15.0 Å². The third-order valence-corrected chi connectivity index (χ3v) is 5.59. The highest BCUT2D eigenvalue weighted by atomic mass is 32.2. The van der Waals surface area contributed by atoms with Gasteiger partial charge in [-0.2, -0.15) is 0 Å². The number of methoxy groups -OCH3 is 2. The second-order valence-corrected chi connectivity index (χ2v) is 7.33. The lowest BCUT2D eigenvalue weighted by molar-refractivity contribution is 0.414. The van der Waals surface area contributed by atoms with E-state index in [1.165, 1.54) is 11.8 Å². The smallest absolute Gasteiger partial charge is 0.266 e. The molecule has 6 heteroatoms. The fourth-order valence-electron chi connectivity index (χ4n) is 3.06. The second kappa shape index (κ2) is 8.41. The molecule has 0 aliphatic carbocycles. The average molecular weight is 404 g/mol. The number of rotatable bonds is 6. The molecule has 4 aromatic rings. The molecule has 3 aromatic carbocycles. The molecule has 0 radical (unpaired) electrons. The fourth-order valence-corrected chi connectivity index (χ4v) is 4.02. The van der Waals surface area contributed by atoms with Crippen molar-refractivity contribution in [1.29, 1.82) is 0 Å². The van der Waals surface area contributed by atoms with Gasteiger partial charge in [0.1, 0.15) is 11.5 Å². The third kappa shape index (κ3) is 3.98. The molecule has 4 rings (SSSR count). The number of nitrogens with zero attached hydrogens (tertiary/aromatic N) is 2. The Hall–Kier alpha value is -3.25. The van der Waals surface area contributed by atoms with Crippen molar-refractivity contribution in [2.75, 3.05) is 14.2 Å². The zero-order valence-corrected chi connectivity index (χ0v) is 17.0. The van der Waals surface area contributed by atoms with E-state index in [2.05, 4.69) is 0 Å². The van der Waals surface area contributed by atoms with Gasteiger partial charge in [0.2, 0.25) is 0 Å². The summed E-state index contributed by atoms with van der Waals surface area (Å²) in [5.74, 6) is 2.18. The van der Waals surface area contributed by atoms with Crippen LogP contribution in [-0.4, -0.2) is 23.8 Å². The van der Waals surface area contributed by atoms with Crippen molar-refractivity contribution in [2.45, 2.75) is 10.9 Å². The molecule has 1 aromatic heterocycles. The second-order valence-electron chi connectivity index (χ2n) is 6.39. The standard InChI is InChI=1S/C23H20N2O3S/c1-27-18-12-10-16(11-13-18)15-29-23-24-21-9-4-3-8-20(21)22(26)25(23)17-6-5-7-19(14-17)28-2/h3-14H,15H2,1-2H3. The largest absolute Gasteiger partial charge is 0.497 e. The lowest BCUT2D eigenvalue weighted by Gasteiger charge is -2.14. The third-order valence-electron chi connectivity index (χ3n) is 4.58. The van der Waals surface area contributed by atoms with Crippen LogP contribution in [0.15, 0.2) is 82.7 Å². The van der Waals surface area contributed by atoms with Gasteiger partial charge in [0.25, 0.3) is 5.56 Å². The van der Waals surface area contributed by atoms with E-state index in [4.69, 9.17) is 14.5 Å². The quantitative estimate of drug-likeness (QED) is 0.345. The molecule has 0 amide bonds. The Morgan fingerprint density at radius 3 is 2.41 bits per heavy atom. The van der Waals surface area contributed by atoms with Crippen LogP contribution in [0, 0.1) is 0 Å². The molecule has 0 atom stereocenters. The molecule has 0 N–H and O–H groups in total. The summed E-state index contributed by atoms with van der Waals surface area (Å²) in [5.41, 5.74) is 2.44. The molecule has 1 heterocycles. The van der Waals surface area contributed by atoms with Crippen LogP contribution in [0.3, 0.4) is 0 Å². The zero-order chi connectivity index (χ0) is 20.2. The van der Waals surface area contributed by atoms with Crippen molar-refractivity contribution in [3.05, 3.63) is 88.7 Å². The van der Waals surface area contributed by atoms with Crippen molar-refractivity contribution in [3.8, 4) is 17.2 Å². The number of para-hydroxylation sites is 1. The van der Waals surface area contributed by atoms with Gasteiger partial charge in [-0.3, -0.25) is 9.36 Å². The number of hydrogen-bond acceptors (Lipinski definition) is 5. The Kier molecular flexibility index (Phi) is 5.53. The summed E-state index contributed by atoms with van der Waals surface area (Å²) in [7, 11) is 3.26. The van der Waals surface area contributed by atoms with Gasteiger partial charge >= 0.3 is 0 Å². The van der Waals surface area contributed by atoms with Gasteiger partial charge in [-0.25, -0.2) is 4.98 Å². The van der Waals surface area contributed by atoms with Crippen LogP contribution in [0.5, 0.6) is 11.5 Å². The van der Waals surface area contributed by atoms with E-state index < -0.39 is 0 Å². The first-order chi connectivity index (χ1) is 14.2. The van der Waals surface area contributed by atoms with Gasteiger partial charge in [-0.05, 0) is 42.0 Å². The SMILES string of the molecule is COc1ccc(CSc2nc3ccccc3c(=O)n2-c2cccc(OC)c2)cc1. The fraction of sp³-hybridized carbons (Fsp3) is 0.130. The van der Waals surface area contributed by atoms with E-state index in [1.54, 1.807) is 24.9 Å². The first-order valence-corrected chi connectivity index (χ1v) is 10.1. The maximum Gasteiger partial charge on any atom is 0.266 e. The summed E-state index contributed by atoms with van der Waals surface area (Å²) in [6.07, 6.45) is 0. The summed E-state index contributed by atoms with van der Waals surface area (Å²) in [4.78, 5) is 18.1. The number of hydrogen-bond donors (Lipinski definition) is 0. The molecule has 146 valence electrons. The van der Waals surface area contributed by atoms with Gasteiger partial charge in [0, 0.05) is 11.8 Å². The van der Waals surface area contributed by atoms with Crippen LogP contribution in [-0.2, 0) is 5.75 Å². The van der Waals surface area contributed by atoms with Crippen LogP contribution >= 0.6 is 11.8 Å². The number of thioether (sulfide) groups is 1. The maximum absolute atomic E-state index is 13.3. The number of aromatic nitrogens is 2. The average Bonchev–Trinajstić information content (AvgIpc) is 2.78. The van der Waals surface area contributed by atoms with E-state index in [0.717, 1.165) is 17.0 Å². The molecule has 5 nitrogen and oxygen atoms in total. The Morgan fingerprint density at radius 1 is 0.897 bits per heavy atom. The molecular weight excluding hydrogens is 384 g/mol. The Bertz CT molecular complexity index is 1200. The topological polar surface area (TPSA) is 53.3 Å². The summed E-state index contributed by atoms with van der Waals surface area (Å²) >= 11 is 1.52. The number of ether oxygens (including phenoxy) is 2. The van der Waals surface area contributed by atoms with Gasteiger partial charge < -0.3 is 9.47 Å². The Balaban J connectivity index is 1.79. The minimum Gasteiger partial charge on any atom is -0.497 e. The van der Waals surface area contributed by atoms with Crippen molar-refractivity contribution >= 4 is 22.7 Å². The normalized spacial score (nSPS) is 10.8. The summed E-state index contributed by atoms with van der Waals surface area (Å²) in [6, 6.07) is 22.8. The molecule has 0 saturated carbocycles. The lowest BCUT2D eigenvalue weighted by Crippen LogP contribution is -2.21. The monoisotopic (exact) mass is 404 g/mol. The van der Waals surface area contributed by atoms with Crippen molar-refractivity contribution in [2.24, 2.45) is 0 Å². The molecule has 0 fully saturated rings. The molecule has 0 aliphatic rings. The van der Waals surface area contributed by atoms with Crippen molar-refractivity contribution in [3.63, 3.8) is 0 Å². The predicted octanol–water partition coefficient (Wildman–Crippen LogP) is 4.70. The molecule has 29 heavy (non-hydrogen) atoms. The van der Waals surface area contributed by atoms with Gasteiger partial charge in [0.05, 0.1) is 30.8 Å². The summed E-state index contributed by atoms with van der Waals surface area (Å²) < 4.78 is 12.2. The highest BCUT2D eigenvalue weighted by molar-refractivity contribution is 7.98. The van der Waals surface area contributed by atoms with Gasteiger partial charge in [0.15, 0.2) is 5.16 Å². The zero-order valence-electron chi connectivity index (χ0n) is 16.2. The summed E-state index contributed by atoms with van der Waals surface area (Å²) in [5, 5.41) is 1.22. The lowest BCUT2D eigenvalue weighted by atomic mass is 10.2. The number of benzene rings is 3. The minimum atomic E-state index is -0.0962. The van der Waals surface area contributed by atoms with E-state index >= 15 is 0 Å². The molecule has 0 unspecified atom stereocenters. The molecule has 0 bridgehead atoms. The van der Waals surface area contributed by atoms with Crippen LogP contribution in [0.4, 0.5) is 0 Å². The van der Waals surface area contributed by atoms with Crippen molar-refractivity contribution < 1.29 is 9.47 Å². The first kappa shape index (κ1) is 19.1. The van der Waals surface area contributed by atoms with E-state index in [0.29, 0.717) is 27.6 Å². The Labute approximate surface area is 172 Å². The molecular formula is C23H20N2O3S. The van der Waals surface area contributed by atoms with Crippen LogP contribution in [0.2, 0.25) is 0 Å². The minimum absolute atomic E-state index is 0.0962. The highest BCUT2D eigenvalue weighted by Gasteiger charge is 2.14. The first-order valence-electron chi connectivity index (χ1n) is 9.11. The summed E-state index contributed by atoms with van der Waals surface area (Å²) in [6.45, 7) is 0. The predicted molar refractivity (Wildman–Crippen MR) is 116 cm³/mol. The molecule has 0 aliphatic heterocycles.